The number of anilines is 1. The summed E-state index contributed by atoms with van der Waals surface area (Å²) in [6.07, 6.45) is 0. The van der Waals surface area contributed by atoms with E-state index < -0.39 is 0 Å². The number of aromatic hydroxyl groups is 1. The van der Waals surface area contributed by atoms with Gasteiger partial charge < -0.3 is 14.6 Å². The predicted octanol–water partition coefficient (Wildman–Crippen LogP) is 1.70. The minimum Gasteiger partial charge on any atom is -0.508 e. The van der Waals surface area contributed by atoms with E-state index in [0.29, 0.717) is 49.4 Å². The standard InChI is InChI=1S/C22H20N6O2/c1-26-18-7-6-16(12-23)25-20(18)21(17(13-24)22(26)30)28-10-8-27(9-11-28)14-15-4-2-3-5-19(15)29/h2-7,29H,8-11,14H2,1H3. The maximum Gasteiger partial charge on any atom is 0.270 e. The zero-order valence-electron chi connectivity index (χ0n) is 16.5. The molecule has 0 spiro atoms. The summed E-state index contributed by atoms with van der Waals surface area (Å²) < 4.78 is 1.40. The molecule has 0 amide bonds. The first kappa shape index (κ1) is 19.4. The second-order valence-electron chi connectivity index (χ2n) is 7.27. The van der Waals surface area contributed by atoms with E-state index in [0.717, 1.165) is 5.56 Å². The molecule has 0 atom stereocenters. The third-order valence-corrected chi connectivity index (χ3v) is 5.52. The van der Waals surface area contributed by atoms with E-state index in [2.05, 4.69) is 9.88 Å². The summed E-state index contributed by atoms with van der Waals surface area (Å²) in [5.74, 6) is 0.275. The number of nitrogens with zero attached hydrogens (tertiary/aromatic N) is 6. The van der Waals surface area contributed by atoms with Gasteiger partial charge in [0, 0.05) is 45.3 Å². The fourth-order valence-electron chi connectivity index (χ4n) is 3.88. The third kappa shape index (κ3) is 3.34. The smallest absolute Gasteiger partial charge is 0.270 e. The van der Waals surface area contributed by atoms with Gasteiger partial charge >= 0.3 is 0 Å². The molecule has 1 saturated heterocycles. The number of hydrogen-bond donors (Lipinski definition) is 1. The van der Waals surface area contributed by atoms with E-state index in [4.69, 9.17) is 0 Å². The van der Waals surface area contributed by atoms with Crippen LogP contribution in [0.4, 0.5) is 5.69 Å². The van der Waals surface area contributed by atoms with Gasteiger partial charge in [0.25, 0.3) is 5.56 Å². The molecule has 3 heterocycles. The second-order valence-corrected chi connectivity index (χ2v) is 7.27. The lowest BCUT2D eigenvalue weighted by molar-refractivity contribution is 0.247. The lowest BCUT2D eigenvalue weighted by atomic mass is 10.1. The minimum atomic E-state index is -0.372. The summed E-state index contributed by atoms with van der Waals surface area (Å²) in [5.41, 5.74) is 2.35. The van der Waals surface area contributed by atoms with Gasteiger partial charge in [-0.2, -0.15) is 10.5 Å². The van der Waals surface area contributed by atoms with Crippen LogP contribution in [-0.4, -0.2) is 45.7 Å². The maximum atomic E-state index is 12.8. The summed E-state index contributed by atoms with van der Waals surface area (Å²) >= 11 is 0. The molecule has 0 saturated carbocycles. The Morgan fingerprint density at radius 2 is 1.80 bits per heavy atom. The van der Waals surface area contributed by atoms with Crippen LogP contribution < -0.4 is 10.5 Å². The van der Waals surface area contributed by atoms with Crippen molar-refractivity contribution in [3.63, 3.8) is 0 Å². The Morgan fingerprint density at radius 3 is 2.47 bits per heavy atom. The van der Waals surface area contributed by atoms with Crippen molar-refractivity contribution >= 4 is 16.7 Å². The van der Waals surface area contributed by atoms with Crippen LogP contribution in [0.5, 0.6) is 5.75 Å². The fourth-order valence-corrected chi connectivity index (χ4v) is 3.88. The van der Waals surface area contributed by atoms with Gasteiger partial charge in [-0.3, -0.25) is 9.69 Å². The number of fused-ring (bicyclic) bond motifs is 1. The number of hydrogen-bond acceptors (Lipinski definition) is 7. The van der Waals surface area contributed by atoms with Crippen LogP contribution in [0.1, 0.15) is 16.8 Å². The molecule has 30 heavy (non-hydrogen) atoms. The monoisotopic (exact) mass is 400 g/mol. The highest BCUT2D eigenvalue weighted by Gasteiger charge is 2.25. The molecule has 1 aliphatic rings. The Morgan fingerprint density at radius 1 is 1.07 bits per heavy atom. The highest BCUT2D eigenvalue weighted by molar-refractivity contribution is 5.92. The van der Waals surface area contributed by atoms with E-state index in [-0.39, 0.29) is 22.6 Å². The van der Waals surface area contributed by atoms with Crippen molar-refractivity contribution < 1.29 is 5.11 Å². The molecular weight excluding hydrogens is 380 g/mol. The number of rotatable bonds is 3. The number of benzene rings is 1. The summed E-state index contributed by atoms with van der Waals surface area (Å²) in [5, 5.41) is 29.0. The van der Waals surface area contributed by atoms with Crippen molar-refractivity contribution in [3.05, 3.63) is 63.6 Å². The lowest BCUT2D eigenvalue weighted by Gasteiger charge is -2.36. The molecule has 0 unspecified atom stereocenters. The number of phenolic OH excluding ortho intramolecular Hbond substituents is 1. The van der Waals surface area contributed by atoms with E-state index in [9.17, 15) is 20.4 Å². The molecule has 0 aliphatic carbocycles. The lowest BCUT2D eigenvalue weighted by Crippen LogP contribution is -2.47. The molecule has 1 N–H and O–H groups in total. The van der Waals surface area contributed by atoms with Crippen LogP contribution in [-0.2, 0) is 13.6 Å². The summed E-state index contributed by atoms with van der Waals surface area (Å²) in [6, 6.07) is 14.6. The molecule has 4 rings (SSSR count). The number of aromatic nitrogens is 2. The Hall–Kier alpha value is -3.88. The van der Waals surface area contributed by atoms with E-state index in [1.165, 1.54) is 4.57 Å². The number of para-hydroxylation sites is 1. The number of aryl methyl sites for hydroxylation is 1. The number of piperazine rings is 1. The molecule has 1 aromatic carbocycles. The Labute approximate surface area is 173 Å². The number of nitriles is 2. The summed E-state index contributed by atoms with van der Waals surface area (Å²) in [4.78, 5) is 21.4. The first-order chi connectivity index (χ1) is 14.5. The SMILES string of the molecule is Cn1c(=O)c(C#N)c(N2CCN(Cc3ccccc3O)CC2)c2nc(C#N)ccc21. The van der Waals surface area contributed by atoms with Crippen LogP contribution in [0.3, 0.4) is 0 Å². The average molecular weight is 400 g/mol. The van der Waals surface area contributed by atoms with Crippen molar-refractivity contribution in [3.8, 4) is 17.9 Å². The Balaban J connectivity index is 1.68. The van der Waals surface area contributed by atoms with Gasteiger partial charge in [-0.1, -0.05) is 18.2 Å². The van der Waals surface area contributed by atoms with E-state index in [1.54, 1.807) is 31.3 Å². The van der Waals surface area contributed by atoms with Crippen molar-refractivity contribution in [2.75, 3.05) is 31.1 Å². The molecule has 2 aromatic heterocycles. The fraction of sp³-hybridized carbons (Fsp3) is 0.273. The quantitative estimate of drug-likeness (QED) is 0.713. The van der Waals surface area contributed by atoms with E-state index in [1.807, 2.05) is 29.2 Å². The van der Waals surface area contributed by atoms with Crippen LogP contribution in [0.2, 0.25) is 0 Å². The predicted molar refractivity (Wildman–Crippen MR) is 112 cm³/mol. The van der Waals surface area contributed by atoms with Crippen LogP contribution in [0.15, 0.2) is 41.2 Å². The minimum absolute atomic E-state index is 0.0433. The first-order valence-electron chi connectivity index (χ1n) is 9.61. The molecular formula is C22H20N6O2. The zero-order valence-corrected chi connectivity index (χ0v) is 16.5. The number of phenols is 1. The van der Waals surface area contributed by atoms with Gasteiger partial charge in [0.1, 0.15) is 34.7 Å². The molecule has 0 radical (unpaired) electrons. The van der Waals surface area contributed by atoms with Gasteiger partial charge in [0.2, 0.25) is 0 Å². The Bertz CT molecular complexity index is 1260. The van der Waals surface area contributed by atoms with Gasteiger partial charge in [0.15, 0.2) is 0 Å². The molecule has 150 valence electrons. The zero-order chi connectivity index (χ0) is 21.3. The summed E-state index contributed by atoms with van der Waals surface area (Å²) in [7, 11) is 1.60. The molecule has 1 aliphatic heterocycles. The van der Waals surface area contributed by atoms with Crippen LogP contribution in [0.25, 0.3) is 11.0 Å². The van der Waals surface area contributed by atoms with Gasteiger partial charge in [-0.05, 0) is 18.2 Å². The Kier molecular flexibility index (Phi) is 5.09. The van der Waals surface area contributed by atoms with Crippen molar-refractivity contribution in [1.82, 2.24) is 14.5 Å². The summed E-state index contributed by atoms with van der Waals surface area (Å²) in [6.45, 7) is 3.23. The highest BCUT2D eigenvalue weighted by Crippen LogP contribution is 2.28. The molecule has 1 fully saturated rings. The van der Waals surface area contributed by atoms with Crippen molar-refractivity contribution in [1.29, 1.82) is 10.5 Å². The van der Waals surface area contributed by atoms with Crippen molar-refractivity contribution in [2.24, 2.45) is 7.05 Å². The normalized spacial score (nSPS) is 14.4. The largest absolute Gasteiger partial charge is 0.508 e. The number of pyridine rings is 2. The van der Waals surface area contributed by atoms with Crippen LogP contribution in [0, 0.1) is 22.7 Å². The van der Waals surface area contributed by atoms with Crippen LogP contribution >= 0.6 is 0 Å². The van der Waals surface area contributed by atoms with Gasteiger partial charge in [-0.15, -0.1) is 0 Å². The van der Waals surface area contributed by atoms with Gasteiger partial charge in [0.05, 0.1) is 11.2 Å². The van der Waals surface area contributed by atoms with E-state index >= 15 is 0 Å². The molecule has 8 heteroatoms. The third-order valence-electron chi connectivity index (χ3n) is 5.52. The first-order valence-corrected chi connectivity index (χ1v) is 9.61. The topological polar surface area (TPSA) is 109 Å². The molecule has 0 bridgehead atoms. The highest BCUT2D eigenvalue weighted by atomic mass is 16.3. The average Bonchev–Trinajstić information content (AvgIpc) is 2.78. The molecule has 3 aromatic rings. The maximum absolute atomic E-state index is 12.8. The van der Waals surface area contributed by atoms with Gasteiger partial charge in [-0.25, -0.2) is 4.98 Å². The molecule has 8 nitrogen and oxygen atoms in total. The second kappa shape index (κ2) is 7.86. The van der Waals surface area contributed by atoms with Crippen molar-refractivity contribution in [2.45, 2.75) is 6.54 Å².